The summed E-state index contributed by atoms with van der Waals surface area (Å²) in [6.45, 7) is 2.74. The molecule has 8 nitrogen and oxygen atoms in total. The van der Waals surface area contributed by atoms with Gasteiger partial charge in [0.1, 0.15) is 0 Å². The summed E-state index contributed by atoms with van der Waals surface area (Å²) in [6.07, 6.45) is 3.10. The van der Waals surface area contributed by atoms with Crippen LogP contribution < -0.4 is 5.32 Å². The molecule has 1 atom stereocenters. The lowest BCUT2D eigenvalue weighted by Crippen LogP contribution is -2.41. The third kappa shape index (κ3) is 4.89. The van der Waals surface area contributed by atoms with Gasteiger partial charge in [-0.05, 0) is 38.0 Å². The van der Waals surface area contributed by atoms with Crippen molar-refractivity contribution in [2.24, 2.45) is 0 Å². The molecule has 1 saturated carbocycles. The van der Waals surface area contributed by atoms with E-state index in [9.17, 15) is 18.0 Å². The van der Waals surface area contributed by atoms with Crippen LogP contribution in [0.4, 0.5) is 0 Å². The first-order valence-electron chi connectivity index (χ1n) is 9.57. The van der Waals surface area contributed by atoms with Crippen molar-refractivity contribution in [3.05, 3.63) is 29.8 Å². The van der Waals surface area contributed by atoms with Gasteiger partial charge in [-0.1, -0.05) is 18.9 Å². The maximum absolute atomic E-state index is 12.7. The van der Waals surface area contributed by atoms with E-state index in [2.05, 4.69) is 5.32 Å². The summed E-state index contributed by atoms with van der Waals surface area (Å²) in [4.78, 5) is 24.6. The number of sulfonamides is 1. The van der Waals surface area contributed by atoms with Crippen LogP contribution in [-0.4, -0.2) is 63.0 Å². The van der Waals surface area contributed by atoms with E-state index < -0.39 is 22.1 Å². The molecule has 9 heteroatoms. The standard InChI is InChI=1S/C19H26N2O6S/c1-14(18(22)20-16-6-2-3-7-16)27-19(23)15-5-4-8-17(13-15)28(24,25)21-9-11-26-12-10-21/h4-5,8,13-14,16H,2-3,6-7,9-12H2,1H3,(H,20,22)/t14-/m0/s1. The first kappa shape index (κ1) is 20.8. The largest absolute Gasteiger partial charge is 0.449 e. The summed E-state index contributed by atoms with van der Waals surface area (Å²) in [7, 11) is -3.71. The van der Waals surface area contributed by atoms with Crippen molar-refractivity contribution in [1.82, 2.24) is 9.62 Å². The van der Waals surface area contributed by atoms with E-state index in [1.165, 1.54) is 35.5 Å². The number of amides is 1. The van der Waals surface area contributed by atoms with Crippen molar-refractivity contribution in [2.75, 3.05) is 26.3 Å². The van der Waals surface area contributed by atoms with Crippen molar-refractivity contribution < 1.29 is 27.5 Å². The lowest BCUT2D eigenvalue weighted by molar-refractivity contribution is -0.129. The molecule has 1 N–H and O–H groups in total. The van der Waals surface area contributed by atoms with Gasteiger partial charge in [0.05, 0.1) is 23.7 Å². The molecule has 3 rings (SSSR count). The SMILES string of the molecule is C[C@H](OC(=O)c1cccc(S(=O)(=O)N2CCOCC2)c1)C(=O)NC1CCCC1. The van der Waals surface area contributed by atoms with Crippen LogP contribution in [0, 0.1) is 0 Å². The Morgan fingerprint density at radius 1 is 1.21 bits per heavy atom. The second-order valence-electron chi connectivity index (χ2n) is 7.08. The normalized spacial score (nSPS) is 19.9. The fourth-order valence-corrected chi connectivity index (χ4v) is 4.84. The maximum atomic E-state index is 12.7. The predicted octanol–water partition coefficient (Wildman–Crippen LogP) is 1.31. The monoisotopic (exact) mass is 410 g/mol. The number of ether oxygens (including phenoxy) is 2. The number of carbonyl (C=O) groups is 2. The molecule has 0 radical (unpaired) electrons. The Bertz CT molecular complexity index is 813. The summed E-state index contributed by atoms with van der Waals surface area (Å²) in [5.74, 6) is -1.06. The lowest BCUT2D eigenvalue weighted by Gasteiger charge is -2.26. The number of hydrogen-bond acceptors (Lipinski definition) is 6. The average Bonchev–Trinajstić information content (AvgIpc) is 3.21. The zero-order valence-corrected chi connectivity index (χ0v) is 16.7. The minimum atomic E-state index is -3.71. The van der Waals surface area contributed by atoms with Gasteiger partial charge in [-0.25, -0.2) is 13.2 Å². The van der Waals surface area contributed by atoms with Gasteiger partial charge in [-0.15, -0.1) is 0 Å². The molecule has 1 aliphatic carbocycles. The number of nitrogens with one attached hydrogen (secondary N) is 1. The highest BCUT2D eigenvalue weighted by Gasteiger charge is 2.28. The Labute approximate surface area is 165 Å². The number of morpholine rings is 1. The van der Waals surface area contributed by atoms with Gasteiger partial charge in [0.2, 0.25) is 10.0 Å². The second kappa shape index (κ2) is 9.02. The number of carbonyl (C=O) groups excluding carboxylic acids is 2. The third-order valence-electron chi connectivity index (χ3n) is 5.03. The van der Waals surface area contributed by atoms with Gasteiger partial charge in [0.15, 0.2) is 6.10 Å². The molecule has 0 unspecified atom stereocenters. The van der Waals surface area contributed by atoms with Gasteiger partial charge in [0, 0.05) is 19.1 Å². The molecular formula is C19H26N2O6S. The molecule has 1 saturated heterocycles. The quantitative estimate of drug-likeness (QED) is 0.710. The summed E-state index contributed by atoms with van der Waals surface area (Å²) in [5.41, 5.74) is 0.0925. The molecular weight excluding hydrogens is 384 g/mol. The summed E-state index contributed by atoms with van der Waals surface area (Å²) in [5, 5.41) is 2.88. The van der Waals surface area contributed by atoms with Gasteiger partial charge < -0.3 is 14.8 Å². The molecule has 1 aromatic rings. The first-order valence-corrected chi connectivity index (χ1v) is 11.0. The molecule has 2 aliphatic rings. The molecule has 0 bridgehead atoms. The van der Waals surface area contributed by atoms with Crippen LogP contribution in [0.25, 0.3) is 0 Å². The number of esters is 1. The van der Waals surface area contributed by atoms with E-state index >= 15 is 0 Å². The van der Waals surface area contributed by atoms with Crippen molar-refractivity contribution in [3.63, 3.8) is 0 Å². The third-order valence-corrected chi connectivity index (χ3v) is 6.93. The van der Waals surface area contributed by atoms with E-state index in [1.807, 2.05) is 0 Å². The molecule has 1 aromatic carbocycles. The van der Waals surface area contributed by atoms with Gasteiger partial charge >= 0.3 is 5.97 Å². The fourth-order valence-electron chi connectivity index (χ4n) is 3.39. The molecule has 28 heavy (non-hydrogen) atoms. The summed E-state index contributed by atoms with van der Waals surface area (Å²) < 4.78 is 37.2. The smallest absolute Gasteiger partial charge is 0.338 e. The number of rotatable bonds is 6. The van der Waals surface area contributed by atoms with E-state index in [1.54, 1.807) is 0 Å². The fraction of sp³-hybridized carbons (Fsp3) is 0.579. The van der Waals surface area contributed by atoms with Crippen LogP contribution in [0.15, 0.2) is 29.2 Å². The summed E-state index contributed by atoms with van der Waals surface area (Å²) >= 11 is 0. The Morgan fingerprint density at radius 2 is 1.89 bits per heavy atom. The van der Waals surface area contributed by atoms with Gasteiger partial charge in [-0.3, -0.25) is 4.79 Å². The molecule has 0 spiro atoms. The number of nitrogens with zero attached hydrogens (tertiary/aromatic N) is 1. The van der Waals surface area contributed by atoms with E-state index in [-0.39, 0.29) is 35.5 Å². The van der Waals surface area contributed by atoms with Crippen LogP contribution in [0.1, 0.15) is 43.0 Å². The number of hydrogen-bond donors (Lipinski definition) is 1. The van der Waals surface area contributed by atoms with Crippen LogP contribution in [0.2, 0.25) is 0 Å². The highest BCUT2D eigenvalue weighted by Crippen LogP contribution is 2.20. The maximum Gasteiger partial charge on any atom is 0.338 e. The minimum absolute atomic E-state index is 0.0203. The molecule has 2 fully saturated rings. The van der Waals surface area contributed by atoms with Crippen LogP contribution in [0.3, 0.4) is 0 Å². The molecule has 1 aliphatic heterocycles. The topological polar surface area (TPSA) is 102 Å². The lowest BCUT2D eigenvalue weighted by atomic mass is 10.2. The Hall–Kier alpha value is -1.97. The van der Waals surface area contributed by atoms with Crippen molar-refractivity contribution >= 4 is 21.9 Å². The molecule has 154 valence electrons. The van der Waals surface area contributed by atoms with E-state index in [0.717, 1.165) is 25.7 Å². The Kier molecular flexibility index (Phi) is 6.69. The van der Waals surface area contributed by atoms with Crippen molar-refractivity contribution in [2.45, 2.75) is 49.6 Å². The highest BCUT2D eigenvalue weighted by molar-refractivity contribution is 7.89. The number of benzene rings is 1. The van der Waals surface area contributed by atoms with Crippen LogP contribution in [-0.2, 0) is 24.3 Å². The van der Waals surface area contributed by atoms with Gasteiger partial charge in [-0.2, -0.15) is 4.31 Å². The average molecular weight is 410 g/mol. The van der Waals surface area contributed by atoms with E-state index in [0.29, 0.717) is 13.2 Å². The first-order chi connectivity index (χ1) is 13.4. The van der Waals surface area contributed by atoms with Crippen LogP contribution in [0.5, 0.6) is 0 Å². The van der Waals surface area contributed by atoms with E-state index in [4.69, 9.17) is 9.47 Å². The second-order valence-corrected chi connectivity index (χ2v) is 9.02. The molecule has 1 heterocycles. The zero-order valence-electron chi connectivity index (χ0n) is 15.9. The molecule has 0 aromatic heterocycles. The predicted molar refractivity (Wildman–Crippen MR) is 101 cm³/mol. The summed E-state index contributed by atoms with van der Waals surface area (Å²) in [6, 6.07) is 5.83. The Morgan fingerprint density at radius 3 is 2.57 bits per heavy atom. The van der Waals surface area contributed by atoms with Gasteiger partial charge in [0.25, 0.3) is 5.91 Å². The van der Waals surface area contributed by atoms with Crippen LogP contribution >= 0.6 is 0 Å². The Balaban J connectivity index is 1.65. The van der Waals surface area contributed by atoms with Crippen molar-refractivity contribution in [1.29, 1.82) is 0 Å². The minimum Gasteiger partial charge on any atom is -0.449 e. The van der Waals surface area contributed by atoms with Crippen molar-refractivity contribution in [3.8, 4) is 0 Å². The zero-order chi connectivity index (χ0) is 20.1. The molecule has 1 amide bonds. The highest BCUT2D eigenvalue weighted by atomic mass is 32.2.